The second kappa shape index (κ2) is 7.26. The van der Waals surface area contributed by atoms with Gasteiger partial charge < -0.3 is 9.30 Å². The molecule has 0 atom stereocenters. The molecule has 0 amide bonds. The lowest BCUT2D eigenvalue weighted by atomic mass is 10.2. The zero-order valence-electron chi connectivity index (χ0n) is 14.2. The van der Waals surface area contributed by atoms with Crippen molar-refractivity contribution in [2.24, 2.45) is 0 Å². The van der Waals surface area contributed by atoms with E-state index >= 15 is 0 Å². The number of rotatable bonds is 4. The smallest absolute Gasteiger partial charge is 0.190 e. The summed E-state index contributed by atoms with van der Waals surface area (Å²) in [6.07, 6.45) is 1.86. The maximum Gasteiger partial charge on any atom is 0.190 e. The molecule has 3 nitrogen and oxygen atoms in total. The van der Waals surface area contributed by atoms with Gasteiger partial charge in [0.25, 0.3) is 0 Å². The molecule has 0 fully saturated rings. The molecule has 0 saturated heterocycles. The zero-order valence-corrected chi connectivity index (χ0v) is 15.8. The van der Waals surface area contributed by atoms with Gasteiger partial charge >= 0.3 is 0 Å². The molecule has 0 spiro atoms. The average Bonchev–Trinajstić information content (AvgIpc) is 3.12. The normalized spacial score (nSPS) is 10.7. The summed E-state index contributed by atoms with van der Waals surface area (Å²) in [6.45, 7) is 7.55. The summed E-state index contributed by atoms with van der Waals surface area (Å²) in [5.41, 5.74) is 3.02. The minimum absolute atomic E-state index is 0.210. The maximum atomic E-state index is 14.6. The summed E-state index contributed by atoms with van der Waals surface area (Å²) >= 11 is 3.49. The van der Waals surface area contributed by atoms with E-state index in [0.29, 0.717) is 18.0 Å². The van der Waals surface area contributed by atoms with Crippen LogP contribution in [0.2, 0.25) is 0 Å². The van der Waals surface area contributed by atoms with E-state index in [1.807, 2.05) is 47.2 Å². The highest BCUT2D eigenvalue weighted by Crippen LogP contribution is 2.33. The molecule has 0 aliphatic rings. The molecule has 1 heterocycles. The number of fused-ring (bicyclic) bond motifs is 1. The van der Waals surface area contributed by atoms with Crippen LogP contribution in [0, 0.1) is 12.4 Å². The van der Waals surface area contributed by atoms with Gasteiger partial charge in [0.15, 0.2) is 17.3 Å². The highest BCUT2D eigenvalue weighted by Gasteiger charge is 2.11. The van der Waals surface area contributed by atoms with E-state index in [1.54, 1.807) is 24.3 Å². The molecule has 0 saturated carbocycles. The van der Waals surface area contributed by atoms with Gasteiger partial charge in [-0.3, -0.25) is 0 Å². The summed E-state index contributed by atoms with van der Waals surface area (Å²) in [5.74, 6) is -0.215. The third-order valence-corrected chi connectivity index (χ3v) is 4.96. The van der Waals surface area contributed by atoms with Crippen molar-refractivity contribution in [1.29, 1.82) is 0 Å². The monoisotopic (exact) mass is 420 g/mol. The molecule has 0 unspecified atom stereocenters. The lowest BCUT2D eigenvalue weighted by Crippen LogP contribution is -1.99. The van der Waals surface area contributed by atoms with Crippen molar-refractivity contribution < 1.29 is 9.13 Å². The Morgan fingerprint density at radius 2 is 1.85 bits per heavy atom. The summed E-state index contributed by atoms with van der Waals surface area (Å²) < 4.78 is 22.9. The van der Waals surface area contributed by atoms with Crippen molar-refractivity contribution in [3.05, 3.63) is 100 Å². The number of halogens is 2. The fourth-order valence-corrected chi connectivity index (χ4v) is 3.53. The average molecular weight is 421 g/mol. The van der Waals surface area contributed by atoms with Crippen LogP contribution in [0.5, 0.6) is 5.75 Å². The van der Waals surface area contributed by atoms with E-state index in [-0.39, 0.29) is 5.75 Å². The second-order valence-electron chi connectivity index (χ2n) is 6.05. The Bertz CT molecular complexity index is 1160. The van der Waals surface area contributed by atoms with Crippen LogP contribution in [0.15, 0.2) is 77.4 Å². The number of hydrogen-bond acceptors (Lipinski definition) is 1. The molecule has 0 N–H and O–H groups in total. The van der Waals surface area contributed by atoms with E-state index < -0.39 is 5.82 Å². The first-order valence-electron chi connectivity index (χ1n) is 8.30. The minimum Gasteiger partial charge on any atom is -0.486 e. The molecule has 0 aliphatic heterocycles. The predicted molar refractivity (Wildman–Crippen MR) is 108 cm³/mol. The highest BCUT2D eigenvalue weighted by molar-refractivity contribution is 9.10. The van der Waals surface area contributed by atoms with E-state index in [1.165, 1.54) is 6.07 Å². The Morgan fingerprint density at radius 1 is 1.04 bits per heavy atom. The van der Waals surface area contributed by atoms with Gasteiger partial charge in [-0.15, -0.1) is 0 Å². The number of hydrogen-bond donors (Lipinski definition) is 0. The van der Waals surface area contributed by atoms with Crippen LogP contribution in [0.1, 0.15) is 5.56 Å². The Hall–Kier alpha value is -3.10. The van der Waals surface area contributed by atoms with Crippen molar-refractivity contribution >= 4 is 32.5 Å². The summed E-state index contributed by atoms with van der Waals surface area (Å²) in [4.78, 5) is 3.49. The minimum atomic E-state index is -0.425. The Labute approximate surface area is 164 Å². The second-order valence-corrected chi connectivity index (χ2v) is 6.90. The summed E-state index contributed by atoms with van der Waals surface area (Å²) in [6, 6.07) is 20.0. The van der Waals surface area contributed by atoms with Gasteiger partial charge in [-0.1, -0.05) is 46.3 Å². The van der Waals surface area contributed by atoms with Gasteiger partial charge in [-0.05, 0) is 35.9 Å². The van der Waals surface area contributed by atoms with Gasteiger partial charge in [-0.25, -0.2) is 9.24 Å². The predicted octanol–water partition coefficient (Wildman–Crippen LogP) is 6.66. The third-order valence-electron chi connectivity index (χ3n) is 4.30. The van der Waals surface area contributed by atoms with Gasteiger partial charge in [-0.2, -0.15) is 0 Å². The standard InChI is InChI=1S/C22H14BrFN2O/c1-25-16-11-19(23)18-9-10-26(21(18)12-16)17-7-8-22(20(24)13-17)27-14-15-5-3-2-4-6-15/h2-13H,14H2. The van der Waals surface area contributed by atoms with Crippen LogP contribution in [-0.2, 0) is 6.61 Å². The molecule has 0 aliphatic carbocycles. The number of benzene rings is 3. The van der Waals surface area contributed by atoms with Crippen molar-refractivity contribution in [2.75, 3.05) is 0 Å². The van der Waals surface area contributed by atoms with E-state index in [4.69, 9.17) is 11.3 Å². The molecule has 132 valence electrons. The summed E-state index contributed by atoms with van der Waals surface area (Å²) in [5, 5.41) is 0.965. The Morgan fingerprint density at radius 3 is 2.59 bits per heavy atom. The van der Waals surface area contributed by atoms with Gasteiger partial charge in [0.05, 0.1) is 6.57 Å². The molecule has 27 heavy (non-hydrogen) atoms. The molecule has 4 rings (SSSR count). The first-order chi connectivity index (χ1) is 13.2. The zero-order chi connectivity index (χ0) is 18.8. The molecule has 1 aromatic heterocycles. The molecule has 0 bridgehead atoms. The number of ether oxygens (including phenoxy) is 1. The SMILES string of the molecule is [C-]#[N+]c1cc(Br)c2ccn(-c3ccc(OCc4ccccc4)c(F)c3)c2c1. The molecule has 0 radical (unpaired) electrons. The van der Waals surface area contributed by atoms with Crippen LogP contribution in [-0.4, -0.2) is 4.57 Å². The summed E-state index contributed by atoms with van der Waals surface area (Å²) in [7, 11) is 0. The first kappa shape index (κ1) is 17.3. The van der Waals surface area contributed by atoms with Crippen LogP contribution in [0.25, 0.3) is 21.4 Å². The topological polar surface area (TPSA) is 18.5 Å². The largest absolute Gasteiger partial charge is 0.486 e. The van der Waals surface area contributed by atoms with E-state index in [9.17, 15) is 4.39 Å². The molecule has 5 heteroatoms. The number of nitrogens with zero attached hydrogens (tertiary/aromatic N) is 2. The van der Waals surface area contributed by atoms with E-state index in [0.717, 1.165) is 20.9 Å². The number of aromatic nitrogens is 1. The molecular weight excluding hydrogens is 407 g/mol. The maximum absolute atomic E-state index is 14.6. The van der Waals surface area contributed by atoms with E-state index in [2.05, 4.69) is 20.8 Å². The van der Waals surface area contributed by atoms with Crippen LogP contribution in [0.4, 0.5) is 10.1 Å². The van der Waals surface area contributed by atoms with Crippen LogP contribution < -0.4 is 4.74 Å². The quantitative estimate of drug-likeness (QED) is 0.337. The molecule has 3 aromatic carbocycles. The van der Waals surface area contributed by atoms with Crippen molar-refractivity contribution in [3.8, 4) is 11.4 Å². The third kappa shape index (κ3) is 3.44. The fraction of sp³-hybridized carbons (Fsp3) is 0.0455. The van der Waals surface area contributed by atoms with Crippen LogP contribution >= 0.6 is 15.9 Å². The van der Waals surface area contributed by atoms with Gasteiger partial charge in [0.1, 0.15) is 6.61 Å². The molecular formula is C22H14BrFN2O. The van der Waals surface area contributed by atoms with Gasteiger partial charge in [0.2, 0.25) is 0 Å². The van der Waals surface area contributed by atoms with Gasteiger partial charge in [0, 0.05) is 33.3 Å². The highest BCUT2D eigenvalue weighted by atomic mass is 79.9. The Kier molecular flexibility index (Phi) is 4.66. The molecule has 4 aromatic rings. The fourth-order valence-electron chi connectivity index (χ4n) is 2.96. The van der Waals surface area contributed by atoms with Crippen molar-refractivity contribution in [3.63, 3.8) is 0 Å². The lowest BCUT2D eigenvalue weighted by Gasteiger charge is -2.11. The lowest BCUT2D eigenvalue weighted by molar-refractivity contribution is 0.290. The van der Waals surface area contributed by atoms with Crippen molar-refractivity contribution in [1.82, 2.24) is 4.57 Å². The Balaban J connectivity index is 1.66. The first-order valence-corrected chi connectivity index (χ1v) is 9.10. The van der Waals surface area contributed by atoms with Crippen LogP contribution in [0.3, 0.4) is 0 Å². The van der Waals surface area contributed by atoms with Crippen molar-refractivity contribution in [2.45, 2.75) is 6.61 Å².